The Morgan fingerprint density at radius 1 is 1.23 bits per heavy atom. The number of nitrogens with zero attached hydrogens (tertiary/aromatic N) is 2. The lowest BCUT2D eigenvalue weighted by Gasteiger charge is -2.21. The Hall–Kier alpha value is -2.87. The molecule has 1 aliphatic carbocycles. The first kappa shape index (κ1) is 19.1. The quantitative estimate of drug-likeness (QED) is 0.679. The van der Waals surface area contributed by atoms with Crippen molar-refractivity contribution in [1.82, 2.24) is 9.55 Å². The number of rotatable bonds is 4. The van der Waals surface area contributed by atoms with Gasteiger partial charge in [-0.1, -0.05) is 0 Å². The van der Waals surface area contributed by atoms with Crippen LogP contribution in [0.25, 0.3) is 10.2 Å². The Morgan fingerprint density at radius 3 is 2.80 bits per heavy atom. The highest BCUT2D eigenvalue weighted by Gasteiger charge is 2.44. The van der Waals surface area contributed by atoms with Crippen molar-refractivity contribution in [2.24, 2.45) is 0 Å². The maximum absolute atomic E-state index is 12.8. The number of amides is 1. The molecule has 1 spiro atoms. The normalized spacial score (nSPS) is 16.5. The molecule has 1 fully saturated rings. The first-order chi connectivity index (χ1) is 14.4. The summed E-state index contributed by atoms with van der Waals surface area (Å²) in [7, 11) is 0. The maximum Gasteiger partial charge on any atom is 0.262 e. The molecule has 0 bridgehead atoms. The third-order valence-corrected chi connectivity index (χ3v) is 7.04. The lowest BCUT2D eigenvalue weighted by Crippen LogP contribution is -2.34. The summed E-state index contributed by atoms with van der Waals surface area (Å²) < 4.78 is 13.6. The predicted molar refractivity (Wildman–Crippen MR) is 115 cm³/mol. The number of thiophene rings is 1. The zero-order chi connectivity index (χ0) is 20.9. The van der Waals surface area contributed by atoms with Crippen molar-refractivity contribution in [3.63, 3.8) is 0 Å². The zero-order valence-corrected chi connectivity index (χ0v) is 17.8. The second-order valence-electron chi connectivity index (χ2n) is 7.99. The van der Waals surface area contributed by atoms with Gasteiger partial charge >= 0.3 is 0 Å². The number of hydrogen-bond donors (Lipinski definition) is 1. The fourth-order valence-corrected chi connectivity index (χ4v) is 5.15. The molecule has 3 heterocycles. The van der Waals surface area contributed by atoms with Gasteiger partial charge in [0.1, 0.15) is 4.83 Å². The number of carbonyl (C=O) groups excluding carboxylic acids is 1. The van der Waals surface area contributed by atoms with E-state index in [0.29, 0.717) is 16.8 Å². The molecule has 0 radical (unpaired) electrons. The van der Waals surface area contributed by atoms with Crippen LogP contribution in [-0.4, -0.2) is 21.2 Å². The number of benzene rings is 1. The molecular formula is C22H23N3O4S. The van der Waals surface area contributed by atoms with E-state index >= 15 is 0 Å². The van der Waals surface area contributed by atoms with Gasteiger partial charge in [-0.05, 0) is 44.4 Å². The minimum absolute atomic E-state index is 0.0976. The molecule has 2 aromatic heterocycles. The largest absolute Gasteiger partial charge is 0.448 e. The van der Waals surface area contributed by atoms with E-state index in [4.69, 9.17) is 9.47 Å². The topological polar surface area (TPSA) is 82.5 Å². The van der Waals surface area contributed by atoms with Gasteiger partial charge in [-0.2, -0.15) is 0 Å². The highest BCUT2D eigenvalue weighted by atomic mass is 32.1. The van der Waals surface area contributed by atoms with Crippen molar-refractivity contribution < 1.29 is 14.3 Å². The van der Waals surface area contributed by atoms with E-state index in [1.165, 1.54) is 22.2 Å². The zero-order valence-electron chi connectivity index (χ0n) is 17.0. The lowest BCUT2D eigenvalue weighted by atomic mass is 10.2. The second kappa shape index (κ2) is 7.12. The summed E-state index contributed by atoms with van der Waals surface area (Å²) in [5, 5.41) is 3.53. The SMILES string of the molecule is Cc1sc2ncn(CCC(=O)Nc3ccc4c(c3)OC3(CCCC3)O4)c(=O)c2c1C. The van der Waals surface area contributed by atoms with Gasteiger partial charge in [0.25, 0.3) is 11.3 Å². The van der Waals surface area contributed by atoms with Gasteiger partial charge in [-0.3, -0.25) is 14.2 Å². The molecule has 0 atom stereocenters. The fraction of sp³-hybridized carbons (Fsp3) is 0.409. The summed E-state index contributed by atoms with van der Waals surface area (Å²) in [5.74, 6) is 0.705. The van der Waals surface area contributed by atoms with Gasteiger partial charge in [-0.15, -0.1) is 11.3 Å². The molecule has 5 rings (SSSR count). The average molecular weight is 426 g/mol. The Kier molecular flexibility index (Phi) is 4.54. The number of carbonyl (C=O) groups is 1. The minimum Gasteiger partial charge on any atom is -0.448 e. The first-order valence-corrected chi connectivity index (χ1v) is 11.0. The summed E-state index contributed by atoms with van der Waals surface area (Å²) in [6.07, 6.45) is 5.67. The average Bonchev–Trinajstić information content (AvgIpc) is 3.39. The van der Waals surface area contributed by atoms with E-state index in [2.05, 4.69) is 10.3 Å². The van der Waals surface area contributed by atoms with Crippen LogP contribution >= 0.6 is 11.3 Å². The van der Waals surface area contributed by atoms with E-state index in [-0.39, 0.29) is 24.4 Å². The number of aromatic nitrogens is 2. The van der Waals surface area contributed by atoms with E-state index in [0.717, 1.165) is 46.7 Å². The van der Waals surface area contributed by atoms with Crippen LogP contribution in [0.3, 0.4) is 0 Å². The van der Waals surface area contributed by atoms with Crippen molar-refractivity contribution in [3.05, 3.63) is 45.3 Å². The molecule has 1 amide bonds. The molecule has 0 saturated heterocycles. The van der Waals surface area contributed by atoms with E-state index in [1.54, 1.807) is 6.07 Å². The summed E-state index contributed by atoms with van der Waals surface area (Å²) in [5.41, 5.74) is 1.52. The van der Waals surface area contributed by atoms with Gasteiger partial charge in [0.2, 0.25) is 5.91 Å². The fourth-order valence-electron chi connectivity index (χ4n) is 4.16. The highest BCUT2D eigenvalue weighted by molar-refractivity contribution is 7.18. The summed E-state index contributed by atoms with van der Waals surface area (Å²) >= 11 is 1.52. The van der Waals surface area contributed by atoms with Crippen molar-refractivity contribution in [2.45, 2.75) is 58.3 Å². The van der Waals surface area contributed by atoms with E-state index in [1.807, 2.05) is 26.0 Å². The summed E-state index contributed by atoms with van der Waals surface area (Å²) in [6, 6.07) is 5.45. The third kappa shape index (κ3) is 3.25. The summed E-state index contributed by atoms with van der Waals surface area (Å²) in [6.45, 7) is 4.19. The number of aryl methyl sites for hydroxylation is 3. The molecule has 8 heteroatoms. The Bertz CT molecular complexity index is 1210. The molecule has 2 aliphatic rings. The van der Waals surface area contributed by atoms with Gasteiger partial charge < -0.3 is 14.8 Å². The smallest absolute Gasteiger partial charge is 0.262 e. The van der Waals surface area contributed by atoms with Crippen LogP contribution in [0.2, 0.25) is 0 Å². The van der Waals surface area contributed by atoms with Crippen molar-refractivity contribution in [1.29, 1.82) is 0 Å². The predicted octanol–water partition coefficient (Wildman–Crippen LogP) is 4.15. The Morgan fingerprint density at radius 2 is 2.00 bits per heavy atom. The molecule has 1 N–H and O–H groups in total. The molecule has 0 unspecified atom stereocenters. The monoisotopic (exact) mass is 425 g/mol. The van der Waals surface area contributed by atoms with Gasteiger partial charge in [-0.25, -0.2) is 4.98 Å². The first-order valence-electron chi connectivity index (χ1n) is 10.2. The van der Waals surface area contributed by atoms with Crippen molar-refractivity contribution in [3.8, 4) is 11.5 Å². The third-order valence-electron chi connectivity index (χ3n) is 5.92. The van der Waals surface area contributed by atoms with Crippen LogP contribution in [0.4, 0.5) is 5.69 Å². The lowest BCUT2D eigenvalue weighted by molar-refractivity contribution is -0.116. The minimum atomic E-state index is -0.518. The number of hydrogen-bond acceptors (Lipinski definition) is 6. The maximum atomic E-state index is 12.8. The van der Waals surface area contributed by atoms with Gasteiger partial charge in [0, 0.05) is 42.4 Å². The molecule has 1 aromatic carbocycles. The van der Waals surface area contributed by atoms with Crippen molar-refractivity contribution in [2.75, 3.05) is 5.32 Å². The van der Waals surface area contributed by atoms with Crippen LogP contribution in [0.1, 0.15) is 42.5 Å². The molecule has 1 saturated carbocycles. The van der Waals surface area contributed by atoms with Crippen LogP contribution in [0, 0.1) is 13.8 Å². The highest BCUT2D eigenvalue weighted by Crippen LogP contribution is 2.47. The Balaban J connectivity index is 1.26. The van der Waals surface area contributed by atoms with Crippen LogP contribution in [0.15, 0.2) is 29.3 Å². The van der Waals surface area contributed by atoms with Crippen LogP contribution in [-0.2, 0) is 11.3 Å². The Labute approximate surface area is 177 Å². The van der Waals surface area contributed by atoms with Crippen LogP contribution in [0.5, 0.6) is 11.5 Å². The van der Waals surface area contributed by atoms with Gasteiger partial charge in [0.15, 0.2) is 11.5 Å². The molecule has 3 aromatic rings. The van der Waals surface area contributed by atoms with E-state index in [9.17, 15) is 9.59 Å². The standard InChI is InChI=1S/C22H23N3O4S/c1-13-14(2)30-20-19(13)21(27)25(12-23-20)10-7-18(26)24-15-5-6-16-17(11-15)29-22(28-16)8-3-4-9-22/h5-6,11-12H,3-4,7-10H2,1-2H3,(H,24,26). The van der Waals surface area contributed by atoms with Crippen LogP contribution < -0.4 is 20.3 Å². The molecule has 30 heavy (non-hydrogen) atoms. The number of nitrogens with one attached hydrogen (secondary N) is 1. The number of anilines is 1. The van der Waals surface area contributed by atoms with Crippen molar-refractivity contribution >= 4 is 33.1 Å². The number of ether oxygens (including phenoxy) is 2. The van der Waals surface area contributed by atoms with Gasteiger partial charge in [0.05, 0.1) is 11.7 Å². The molecule has 7 nitrogen and oxygen atoms in total. The molecule has 1 aliphatic heterocycles. The number of fused-ring (bicyclic) bond motifs is 2. The van der Waals surface area contributed by atoms with E-state index < -0.39 is 5.79 Å². The summed E-state index contributed by atoms with van der Waals surface area (Å²) in [4.78, 5) is 31.4. The second-order valence-corrected chi connectivity index (χ2v) is 9.19. The molecule has 156 valence electrons. The molecular weight excluding hydrogens is 402 g/mol.